The number of hydroxylamine groups is 2. The number of pyridine rings is 1. The number of nitrogens with one attached hydrogen (secondary N) is 1. The number of amides is 3. The molecule has 0 spiro atoms. The fourth-order valence-corrected chi connectivity index (χ4v) is 5.08. The lowest BCUT2D eigenvalue weighted by molar-refractivity contribution is -0.201. The number of hydrogen-bond donors (Lipinski definition) is 1. The second kappa shape index (κ2) is 10.9. The Morgan fingerprint density at radius 1 is 1.09 bits per heavy atom. The first kappa shape index (κ1) is 23.4. The van der Waals surface area contributed by atoms with Gasteiger partial charge in [0.25, 0.3) is 11.8 Å². The summed E-state index contributed by atoms with van der Waals surface area (Å²) in [6, 6.07) is 4.53. The molecule has 0 bridgehead atoms. The van der Waals surface area contributed by atoms with E-state index in [1.165, 1.54) is 5.56 Å². The first-order valence-corrected chi connectivity index (χ1v) is 12.0. The summed E-state index contributed by atoms with van der Waals surface area (Å²) in [4.78, 5) is 59.7. The summed E-state index contributed by atoms with van der Waals surface area (Å²) in [7, 11) is 0. The zero-order valence-electron chi connectivity index (χ0n) is 18.9. The van der Waals surface area contributed by atoms with E-state index in [9.17, 15) is 19.2 Å². The molecule has 0 unspecified atom stereocenters. The summed E-state index contributed by atoms with van der Waals surface area (Å²) in [5, 5.41) is 3.70. The molecular weight excluding hydrogens is 424 g/mol. The molecule has 1 aromatic rings. The Morgan fingerprint density at radius 3 is 2.55 bits per heavy atom. The van der Waals surface area contributed by atoms with Crippen LogP contribution in [0.5, 0.6) is 0 Å². The first-order chi connectivity index (χ1) is 16.0. The van der Waals surface area contributed by atoms with Crippen molar-refractivity contribution >= 4 is 23.7 Å². The van der Waals surface area contributed by atoms with E-state index in [1.807, 2.05) is 12.3 Å². The molecule has 3 fully saturated rings. The summed E-state index contributed by atoms with van der Waals surface area (Å²) in [5.41, 5.74) is 1.24. The van der Waals surface area contributed by atoms with Gasteiger partial charge in [-0.2, -0.15) is 0 Å². The SMILES string of the molecule is O=C(CCCN1CCC[C@H]1c1cccnc1)N[C@H]1CC[C@H](C(=O)ON2C(=O)CCC2=O)CC1. The molecule has 0 aromatic carbocycles. The quantitative estimate of drug-likeness (QED) is 0.598. The molecule has 1 atom stereocenters. The minimum Gasteiger partial charge on any atom is -0.353 e. The van der Waals surface area contributed by atoms with Crippen molar-refractivity contribution in [2.45, 2.75) is 76.3 Å². The topological polar surface area (TPSA) is 109 Å². The minimum atomic E-state index is -0.530. The van der Waals surface area contributed by atoms with E-state index in [4.69, 9.17) is 4.84 Å². The molecule has 2 saturated heterocycles. The second-order valence-electron chi connectivity index (χ2n) is 9.19. The predicted octanol–water partition coefficient (Wildman–Crippen LogP) is 2.28. The molecule has 4 rings (SSSR count). The van der Waals surface area contributed by atoms with E-state index in [0.717, 1.165) is 32.4 Å². The molecule has 3 heterocycles. The van der Waals surface area contributed by atoms with Crippen LogP contribution in [-0.2, 0) is 24.0 Å². The highest BCUT2D eigenvalue weighted by Gasteiger charge is 2.36. The number of hydrogen-bond acceptors (Lipinski definition) is 7. The summed E-state index contributed by atoms with van der Waals surface area (Å²) < 4.78 is 0. The minimum absolute atomic E-state index is 0.0476. The Balaban J connectivity index is 1.14. The van der Waals surface area contributed by atoms with Gasteiger partial charge in [0.05, 0.1) is 5.92 Å². The van der Waals surface area contributed by atoms with Crippen molar-refractivity contribution in [1.82, 2.24) is 20.3 Å². The van der Waals surface area contributed by atoms with E-state index >= 15 is 0 Å². The lowest BCUT2D eigenvalue weighted by Gasteiger charge is -2.28. The van der Waals surface area contributed by atoms with Gasteiger partial charge >= 0.3 is 5.97 Å². The van der Waals surface area contributed by atoms with Gasteiger partial charge < -0.3 is 10.2 Å². The largest absolute Gasteiger partial charge is 0.353 e. The van der Waals surface area contributed by atoms with Gasteiger partial charge in [-0.05, 0) is 69.7 Å². The van der Waals surface area contributed by atoms with E-state index in [0.29, 0.717) is 43.2 Å². The molecule has 1 saturated carbocycles. The van der Waals surface area contributed by atoms with E-state index in [2.05, 4.69) is 21.3 Å². The van der Waals surface area contributed by atoms with Crippen LogP contribution in [0.1, 0.15) is 75.8 Å². The fourth-order valence-electron chi connectivity index (χ4n) is 5.08. The van der Waals surface area contributed by atoms with Gasteiger partial charge in [-0.3, -0.25) is 24.3 Å². The molecule has 0 radical (unpaired) electrons. The van der Waals surface area contributed by atoms with E-state index in [1.54, 1.807) is 6.20 Å². The lowest BCUT2D eigenvalue weighted by atomic mass is 9.86. The Labute approximate surface area is 193 Å². The molecule has 33 heavy (non-hydrogen) atoms. The summed E-state index contributed by atoms with van der Waals surface area (Å²) in [5.74, 6) is -1.76. The summed E-state index contributed by atoms with van der Waals surface area (Å²) >= 11 is 0. The van der Waals surface area contributed by atoms with Crippen molar-refractivity contribution in [3.63, 3.8) is 0 Å². The second-order valence-corrected chi connectivity index (χ2v) is 9.19. The maximum absolute atomic E-state index is 12.4. The Kier molecular flexibility index (Phi) is 7.69. The number of rotatable bonds is 8. The number of nitrogens with zero attached hydrogens (tertiary/aromatic N) is 3. The number of imide groups is 1. The van der Waals surface area contributed by atoms with E-state index in [-0.39, 0.29) is 30.7 Å². The smallest absolute Gasteiger partial charge is 0.336 e. The highest BCUT2D eigenvalue weighted by Crippen LogP contribution is 2.31. The van der Waals surface area contributed by atoms with E-state index < -0.39 is 17.8 Å². The van der Waals surface area contributed by atoms with Crippen LogP contribution >= 0.6 is 0 Å². The molecule has 9 heteroatoms. The third-order valence-electron chi connectivity index (χ3n) is 6.89. The van der Waals surface area contributed by atoms with Crippen molar-refractivity contribution < 1.29 is 24.0 Å². The first-order valence-electron chi connectivity index (χ1n) is 12.0. The third-order valence-corrected chi connectivity index (χ3v) is 6.89. The predicted molar refractivity (Wildman–Crippen MR) is 118 cm³/mol. The van der Waals surface area contributed by atoms with Crippen molar-refractivity contribution in [2.75, 3.05) is 13.1 Å². The van der Waals surface area contributed by atoms with Crippen LogP contribution in [0.2, 0.25) is 0 Å². The highest BCUT2D eigenvalue weighted by atomic mass is 16.7. The average Bonchev–Trinajstić information content (AvgIpc) is 3.42. The molecule has 1 aromatic heterocycles. The number of aromatic nitrogens is 1. The molecular formula is C24H32N4O5. The molecule has 3 aliphatic rings. The molecule has 178 valence electrons. The maximum atomic E-state index is 12.4. The van der Waals surface area contributed by atoms with Crippen molar-refractivity contribution in [3.8, 4) is 0 Å². The number of carbonyl (C=O) groups is 4. The van der Waals surface area contributed by atoms with Crippen molar-refractivity contribution in [3.05, 3.63) is 30.1 Å². The zero-order valence-corrected chi connectivity index (χ0v) is 18.9. The van der Waals surface area contributed by atoms with Gasteiger partial charge in [0.2, 0.25) is 5.91 Å². The Bertz CT molecular complexity index is 853. The average molecular weight is 457 g/mol. The summed E-state index contributed by atoms with van der Waals surface area (Å²) in [6.07, 6.45) is 9.99. The van der Waals surface area contributed by atoms with Gasteiger partial charge in [-0.25, -0.2) is 4.79 Å². The zero-order chi connectivity index (χ0) is 23.2. The van der Waals surface area contributed by atoms with Gasteiger partial charge in [0.1, 0.15) is 0 Å². The van der Waals surface area contributed by atoms with Crippen LogP contribution in [0, 0.1) is 5.92 Å². The molecule has 2 aliphatic heterocycles. The Morgan fingerprint density at radius 2 is 1.85 bits per heavy atom. The van der Waals surface area contributed by atoms with Crippen molar-refractivity contribution in [1.29, 1.82) is 0 Å². The van der Waals surface area contributed by atoms with Crippen molar-refractivity contribution in [2.24, 2.45) is 5.92 Å². The number of likely N-dealkylation sites (tertiary alicyclic amines) is 1. The molecule has 3 amide bonds. The van der Waals surface area contributed by atoms with Gasteiger partial charge in [0.15, 0.2) is 0 Å². The molecule has 9 nitrogen and oxygen atoms in total. The lowest BCUT2D eigenvalue weighted by Crippen LogP contribution is -2.40. The van der Waals surface area contributed by atoms with Crippen LogP contribution in [0.4, 0.5) is 0 Å². The summed E-state index contributed by atoms with van der Waals surface area (Å²) in [6.45, 7) is 1.94. The van der Waals surface area contributed by atoms with Crippen LogP contribution in [0.25, 0.3) is 0 Å². The molecule has 1 aliphatic carbocycles. The monoisotopic (exact) mass is 456 g/mol. The Hall–Kier alpha value is -2.81. The maximum Gasteiger partial charge on any atom is 0.336 e. The number of carbonyl (C=O) groups excluding carboxylic acids is 4. The van der Waals surface area contributed by atoms with Gasteiger partial charge in [0, 0.05) is 43.7 Å². The van der Waals surface area contributed by atoms with Gasteiger partial charge in [-0.1, -0.05) is 6.07 Å². The normalized spacial score (nSPS) is 25.9. The third kappa shape index (κ3) is 5.96. The van der Waals surface area contributed by atoms with Crippen LogP contribution in [0.3, 0.4) is 0 Å². The standard InChI is InChI=1S/C24H32N4O5/c29-21(6-3-15-27-14-2-5-20(27)18-4-1-13-25-16-18)26-19-9-7-17(8-10-19)24(32)33-28-22(30)11-12-23(28)31/h1,4,13,16-17,19-20H,2-3,5-12,14-15H2,(H,26,29)/t17-,19-,20-/m0/s1. The highest BCUT2D eigenvalue weighted by molar-refractivity contribution is 6.01. The van der Waals surface area contributed by atoms with Crippen LogP contribution in [-0.4, -0.2) is 57.8 Å². The fraction of sp³-hybridized carbons (Fsp3) is 0.625. The van der Waals surface area contributed by atoms with Gasteiger partial charge in [-0.15, -0.1) is 5.06 Å². The van der Waals surface area contributed by atoms with Crippen LogP contribution < -0.4 is 5.32 Å². The molecule has 1 N–H and O–H groups in total. The van der Waals surface area contributed by atoms with Crippen LogP contribution in [0.15, 0.2) is 24.5 Å².